The van der Waals surface area contributed by atoms with Crippen LogP contribution in [0.5, 0.6) is 5.75 Å². The fourth-order valence-corrected chi connectivity index (χ4v) is 2.95. The Hall–Kier alpha value is -1.12. The van der Waals surface area contributed by atoms with Gasteiger partial charge in [0.05, 0.1) is 0 Å². The standard InChI is InChI=1S/C10H9NO2Se/c1-6-11-9-5-8(13-7(2)12)3-4-10(9)14-6/h3-5H,1-2H3. The maximum atomic E-state index is 10.7. The predicted octanol–water partition coefficient (Wildman–Crippen LogP) is 1.53. The number of fused-ring (bicyclic) bond motifs is 1. The molecular weight excluding hydrogens is 245 g/mol. The van der Waals surface area contributed by atoms with Gasteiger partial charge in [0.2, 0.25) is 0 Å². The van der Waals surface area contributed by atoms with Crippen molar-refractivity contribution in [2.45, 2.75) is 13.8 Å². The number of hydrogen-bond acceptors (Lipinski definition) is 3. The Kier molecular flexibility index (Phi) is 2.40. The van der Waals surface area contributed by atoms with E-state index in [1.165, 1.54) is 11.2 Å². The molecular formula is C10H9NO2Se. The van der Waals surface area contributed by atoms with Crippen molar-refractivity contribution in [1.82, 2.24) is 4.98 Å². The summed E-state index contributed by atoms with van der Waals surface area (Å²) in [6.45, 7) is 3.41. The zero-order valence-electron chi connectivity index (χ0n) is 7.90. The topological polar surface area (TPSA) is 39.2 Å². The maximum absolute atomic E-state index is 10.7. The Morgan fingerprint density at radius 3 is 3.00 bits per heavy atom. The number of aromatic nitrogens is 1. The molecule has 0 radical (unpaired) electrons. The second kappa shape index (κ2) is 3.56. The van der Waals surface area contributed by atoms with Gasteiger partial charge >= 0.3 is 87.1 Å². The number of carbonyl (C=O) groups excluding carboxylic acids is 1. The molecule has 14 heavy (non-hydrogen) atoms. The summed E-state index contributed by atoms with van der Waals surface area (Å²) in [4.78, 5) is 15.1. The van der Waals surface area contributed by atoms with E-state index in [1.807, 2.05) is 25.1 Å². The molecule has 2 rings (SSSR count). The molecule has 0 saturated heterocycles. The van der Waals surface area contributed by atoms with Crippen molar-refractivity contribution in [3.8, 4) is 5.75 Å². The van der Waals surface area contributed by atoms with E-state index >= 15 is 0 Å². The van der Waals surface area contributed by atoms with Gasteiger partial charge in [-0.05, 0) is 0 Å². The average molecular weight is 254 g/mol. The van der Waals surface area contributed by atoms with Crippen LogP contribution in [-0.2, 0) is 4.79 Å². The number of esters is 1. The van der Waals surface area contributed by atoms with Gasteiger partial charge in [-0.25, -0.2) is 0 Å². The van der Waals surface area contributed by atoms with Crippen LogP contribution in [0, 0.1) is 6.92 Å². The number of ether oxygens (including phenoxy) is 1. The Labute approximate surface area is 87.5 Å². The van der Waals surface area contributed by atoms with Crippen molar-refractivity contribution in [3.05, 3.63) is 22.8 Å². The van der Waals surface area contributed by atoms with Crippen molar-refractivity contribution in [3.63, 3.8) is 0 Å². The van der Waals surface area contributed by atoms with Gasteiger partial charge in [-0.3, -0.25) is 0 Å². The minimum atomic E-state index is -0.297. The minimum absolute atomic E-state index is 0.297. The fourth-order valence-electron chi connectivity index (χ4n) is 1.25. The van der Waals surface area contributed by atoms with Crippen LogP contribution in [0.15, 0.2) is 18.2 Å². The molecule has 1 heterocycles. The van der Waals surface area contributed by atoms with Gasteiger partial charge in [-0.2, -0.15) is 0 Å². The number of nitrogens with zero attached hydrogens (tertiary/aromatic N) is 1. The number of hydrogen-bond donors (Lipinski definition) is 0. The first-order valence-electron chi connectivity index (χ1n) is 4.21. The summed E-state index contributed by atoms with van der Waals surface area (Å²) in [5, 5.41) is 0. The third kappa shape index (κ3) is 1.86. The Morgan fingerprint density at radius 1 is 1.50 bits per heavy atom. The van der Waals surface area contributed by atoms with Crippen LogP contribution in [0.2, 0.25) is 0 Å². The molecule has 0 bridgehead atoms. The molecule has 0 unspecified atom stereocenters. The van der Waals surface area contributed by atoms with Crippen molar-refractivity contribution >= 4 is 30.2 Å². The van der Waals surface area contributed by atoms with Gasteiger partial charge in [0.15, 0.2) is 0 Å². The molecule has 0 amide bonds. The molecule has 0 atom stereocenters. The summed E-state index contributed by atoms with van der Waals surface area (Å²) in [6.07, 6.45) is 0. The molecule has 0 N–H and O–H groups in total. The van der Waals surface area contributed by atoms with Gasteiger partial charge < -0.3 is 0 Å². The van der Waals surface area contributed by atoms with E-state index in [2.05, 4.69) is 4.98 Å². The van der Waals surface area contributed by atoms with E-state index in [1.54, 1.807) is 0 Å². The summed E-state index contributed by atoms with van der Waals surface area (Å²) in [5.41, 5.74) is 0.946. The molecule has 0 saturated carbocycles. The van der Waals surface area contributed by atoms with E-state index < -0.39 is 0 Å². The third-order valence-corrected chi connectivity index (χ3v) is 3.72. The zero-order chi connectivity index (χ0) is 10.1. The van der Waals surface area contributed by atoms with E-state index in [0.717, 1.165) is 10.1 Å². The van der Waals surface area contributed by atoms with Gasteiger partial charge in [0.25, 0.3) is 0 Å². The fraction of sp³-hybridized carbons (Fsp3) is 0.200. The van der Waals surface area contributed by atoms with Crippen LogP contribution in [0.1, 0.15) is 11.5 Å². The third-order valence-electron chi connectivity index (χ3n) is 1.73. The van der Waals surface area contributed by atoms with Crippen LogP contribution < -0.4 is 4.74 Å². The molecule has 3 nitrogen and oxygen atoms in total. The first kappa shape index (κ1) is 9.44. The molecule has 0 aliphatic rings. The monoisotopic (exact) mass is 255 g/mol. The molecule has 1 aromatic carbocycles. The van der Waals surface area contributed by atoms with Crippen molar-refractivity contribution in [2.75, 3.05) is 0 Å². The zero-order valence-corrected chi connectivity index (χ0v) is 9.62. The second-order valence-corrected chi connectivity index (χ2v) is 5.55. The Balaban J connectivity index is 2.45. The normalized spacial score (nSPS) is 10.4. The van der Waals surface area contributed by atoms with E-state index in [9.17, 15) is 4.79 Å². The predicted molar refractivity (Wildman–Crippen MR) is 54.7 cm³/mol. The SMILES string of the molecule is CC(=O)Oc1ccc2[se]c(C)nc2c1. The Morgan fingerprint density at radius 2 is 2.29 bits per heavy atom. The molecule has 4 heteroatoms. The molecule has 2 aromatic rings. The summed E-state index contributed by atoms with van der Waals surface area (Å²) < 4.78 is 7.39. The number of aryl methyl sites for hydroxylation is 1. The van der Waals surface area contributed by atoms with E-state index in [4.69, 9.17) is 4.74 Å². The van der Waals surface area contributed by atoms with Gasteiger partial charge in [0.1, 0.15) is 0 Å². The summed E-state index contributed by atoms with van der Waals surface area (Å²) in [7, 11) is 0. The van der Waals surface area contributed by atoms with E-state index in [-0.39, 0.29) is 5.97 Å². The van der Waals surface area contributed by atoms with E-state index in [0.29, 0.717) is 20.3 Å². The first-order valence-corrected chi connectivity index (χ1v) is 5.92. The summed E-state index contributed by atoms with van der Waals surface area (Å²) >= 11 is 0.351. The van der Waals surface area contributed by atoms with Crippen LogP contribution >= 0.6 is 0 Å². The van der Waals surface area contributed by atoms with Gasteiger partial charge in [0, 0.05) is 0 Å². The van der Waals surface area contributed by atoms with Crippen LogP contribution in [0.4, 0.5) is 0 Å². The number of rotatable bonds is 1. The second-order valence-electron chi connectivity index (χ2n) is 2.96. The Bertz CT molecular complexity index is 490. The molecule has 0 fully saturated rings. The molecule has 0 spiro atoms. The molecule has 72 valence electrons. The molecule has 0 aliphatic carbocycles. The quantitative estimate of drug-likeness (QED) is 0.440. The summed E-state index contributed by atoms with van der Waals surface area (Å²) in [5.74, 6) is 0.277. The van der Waals surface area contributed by atoms with Crippen LogP contribution in [0.25, 0.3) is 9.78 Å². The molecule has 0 aliphatic heterocycles. The van der Waals surface area contributed by atoms with Gasteiger partial charge in [-0.1, -0.05) is 0 Å². The van der Waals surface area contributed by atoms with Gasteiger partial charge in [-0.15, -0.1) is 0 Å². The average Bonchev–Trinajstić information content (AvgIpc) is 2.42. The van der Waals surface area contributed by atoms with Crippen LogP contribution in [-0.4, -0.2) is 25.5 Å². The van der Waals surface area contributed by atoms with Crippen molar-refractivity contribution in [2.24, 2.45) is 0 Å². The number of benzene rings is 1. The van der Waals surface area contributed by atoms with Crippen molar-refractivity contribution < 1.29 is 9.53 Å². The van der Waals surface area contributed by atoms with Crippen LogP contribution in [0.3, 0.4) is 0 Å². The van der Waals surface area contributed by atoms with Crippen molar-refractivity contribution in [1.29, 1.82) is 0 Å². The summed E-state index contributed by atoms with van der Waals surface area (Å²) in [6, 6.07) is 5.61. The number of carbonyl (C=O) groups is 1. The first-order chi connectivity index (χ1) is 6.65. The molecule has 1 aromatic heterocycles.